The molecular weight excluding hydrogens is 456 g/mol. The van der Waals surface area contributed by atoms with Crippen molar-refractivity contribution in [2.24, 2.45) is 11.8 Å². The fourth-order valence-corrected chi connectivity index (χ4v) is 5.33. The fourth-order valence-electron chi connectivity index (χ4n) is 3.86. The van der Waals surface area contributed by atoms with Gasteiger partial charge in [0, 0.05) is 37.9 Å². The summed E-state index contributed by atoms with van der Waals surface area (Å²) in [6.07, 6.45) is 4.10. The molecule has 2 heterocycles. The normalized spacial score (nSPS) is 16.1. The van der Waals surface area contributed by atoms with Crippen molar-refractivity contribution < 1.29 is 22.7 Å². The van der Waals surface area contributed by atoms with E-state index in [1.54, 1.807) is 24.5 Å². The van der Waals surface area contributed by atoms with Crippen molar-refractivity contribution in [3.63, 3.8) is 0 Å². The number of hydrogen-bond donors (Lipinski definition) is 2. The molecule has 1 saturated heterocycles. The predicted molar refractivity (Wildman–Crippen MR) is 127 cm³/mol. The van der Waals surface area contributed by atoms with Crippen LogP contribution in [0.2, 0.25) is 0 Å². The van der Waals surface area contributed by atoms with Crippen molar-refractivity contribution in [2.75, 3.05) is 20.2 Å². The van der Waals surface area contributed by atoms with Crippen LogP contribution in [0.5, 0.6) is 5.75 Å². The summed E-state index contributed by atoms with van der Waals surface area (Å²) in [5.74, 6) is -0.341. The number of piperidine rings is 1. The molecule has 34 heavy (non-hydrogen) atoms. The van der Waals surface area contributed by atoms with Gasteiger partial charge in [-0.15, -0.1) is 0 Å². The van der Waals surface area contributed by atoms with Gasteiger partial charge in [0.25, 0.3) is 0 Å². The van der Waals surface area contributed by atoms with Gasteiger partial charge in [-0.05, 0) is 60.7 Å². The molecule has 9 nitrogen and oxygen atoms in total. The Morgan fingerprint density at radius 1 is 1.09 bits per heavy atom. The first-order valence-electron chi connectivity index (χ1n) is 11.3. The lowest BCUT2D eigenvalue weighted by atomic mass is 9.95. The zero-order valence-electron chi connectivity index (χ0n) is 19.7. The molecule has 1 atom stereocenters. The molecule has 2 amide bonds. The quantitative estimate of drug-likeness (QED) is 0.557. The summed E-state index contributed by atoms with van der Waals surface area (Å²) >= 11 is 0. The summed E-state index contributed by atoms with van der Waals surface area (Å²) in [5, 5.41) is 5.74. The molecule has 0 unspecified atom stereocenters. The van der Waals surface area contributed by atoms with Crippen LogP contribution in [0.15, 0.2) is 53.7 Å². The van der Waals surface area contributed by atoms with Gasteiger partial charge in [0.15, 0.2) is 0 Å². The number of ether oxygens (including phenoxy) is 1. The van der Waals surface area contributed by atoms with E-state index in [0.29, 0.717) is 25.1 Å². The Kier molecular flexibility index (Phi) is 8.62. The Morgan fingerprint density at radius 3 is 2.26 bits per heavy atom. The third kappa shape index (κ3) is 6.32. The van der Waals surface area contributed by atoms with Gasteiger partial charge in [-0.1, -0.05) is 13.8 Å². The first kappa shape index (κ1) is 25.6. The van der Waals surface area contributed by atoms with Crippen LogP contribution < -0.4 is 15.4 Å². The standard InChI is InChI=1S/C24H32N4O5S/c1-17(2)22(24(30)26-16-18-8-12-25-13-9-18)27-23(29)19-10-14-28(15-11-19)34(31,32)21-6-4-20(33-3)5-7-21/h4-9,12-13,17,19,22H,10-11,14-16H2,1-3H3,(H,26,30)(H,27,29)/t22-/m1/s1. The summed E-state index contributed by atoms with van der Waals surface area (Å²) in [6, 6.07) is 9.22. The zero-order valence-corrected chi connectivity index (χ0v) is 20.5. The van der Waals surface area contributed by atoms with Crippen LogP contribution >= 0.6 is 0 Å². The van der Waals surface area contributed by atoms with Gasteiger partial charge in [-0.25, -0.2) is 8.42 Å². The third-order valence-corrected chi connectivity index (χ3v) is 7.90. The molecule has 2 N–H and O–H groups in total. The van der Waals surface area contributed by atoms with Crippen molar-refractivity contribution >= 4 is 21.8 Å². The van der Waals surface area contributed by atoms with E-state index in [1.165, 1.54) is 23.5 Å². The summed E-state index contributed by atoms with van der Waals surface area (Å²) in [6.45, 7) is 4.59. The Morgan fingerprint density at radius 2 is 1.71 bits per heavy atom. The zero-order chi connectivity index (χ0) is 24.7. The molecule has 184 valence electrons. The fraction of sp³-hybridized carbons (Fsp3) is 0.458. The van der Waals surface area contributed by atoms with Crippen LogP contribution in [-0.4, -0.2) is 55.8 Å². The molecule has 1 aromatic carbocycles. The molecule has 2 aromatic rings. The molecule has 3 rings (SSSR count). The van der Waals surface area contributed by atoms with Crippen LogP contribution in [0, 0.1) is 11.8 Å². The van der Waals surface area contributed by atoms with Crippen molar-refractivity contribution in [1.82, 2.24) is 19.9 Å². The lowest BCUT2D eigenvalue weighted by molar-refractivity contribution is -0.132. The van der Waals surface area contributed by atoms with Gasteiger partial charge >= 0.3 is 0 Å². The van der Waals surface area contributed by atoms with Crippen molar-refractivity contribution in [3.8, 4) is 5.75 Å². The molecule has 10 heteroatoms. The van der Waals surface area contributed by atoms with Crippen LogP contribution in [0.1, 0.15) is 32.3 Å². The highest BCUT2D eigenvalue weighted by Crippen LogP contribution is 2.25. The number of carbonyl (C=O) groups excluding carboxylic acids is 2. The number of aromatic nitrogens is 1. The molecule has 0 radical (unpaired) electrons. The molecule has 0 aliphatic carbocycles. The largest absolute Gasteiger partial charge is 0.497 e. The number of carbonyl (C=O) groups is 2. The highest BCUT2D eigenvalue weighted by molar-refractivity contribution is 7.89. The van der Waals surface area contributed by atoms with Gasteiger partial charge in [-0.3, -0.25) is 14.6 Å². The number of nitrogens with zero attached hydrogens (tertiary/aromatic N) is 2. The van der Waals surface area contributed by atoms with Crippen LogP contribution in [0.3, 0.4) is 0 Å². The van der Waals surface area contributed by atoms with E-state index >= 15 is 0 Å². The van der Waals surface area contributed by atoms with Gasteiger partial charge in [0.05, 0.1) is 12.0 Å². The number of benzene rings is 1. The summed E-state index contributed by atoms with van der Waals surface area (Å²) < 4.78 is 32.4. The second kappa shape index (κ2) is 11.4. The van der Waals surface area contributed by atoms with Gasteiger partial charge in [-0.2, -0.15) is 4.31 Å². The van der Waals surface area contributed by atoms with Gasteiger partial charge in [0.1, 0.15) is 11.8 Å². The first-order valence-corrected chi connectivity index (χ1v) is 12.8. The second-order valence-corrected chi connectivity index (χ2v) is 10.6. The van der Waals surface area contributed by atoms with Gasteiger partial charge in [0.2, 0.25) is 21.8 Å². The summed E-state index contributed by atoms with van der Waals surface area (Å²) in [7, 11) is -2.12. The Hall–Kier alpha value is -2.98. The smallest absolute Gasteiger partial charge is 0.243 e. The van der Waals surface area contributed by atoms with E-state index < -0.39 is 16.1 Å². The number of amides is 2. The summed E-state index contributed by atoms with van der Waals surface area (Å²) in [5.41, 5.74) is 0.919. The van der Waals surface area contributed by atoms with E-state index in [1.807, 2.05) is 26.0 Å². The lowest BCUT2D eigenvalue weighted by Crippen LogP contribution is -2.52. The minimum absolute atomic E-state index is 0.100. The maximum atomic E-state index is 12.9. The maximum Gasteiger partial charge on any atom is 0.243 e. The molecule has 0 bridgehead atoms. The molecule has 0 spiro atoms. The predicted octanol–water partition coefficient (Wildman–Crippen LogP) is 1.95. The third-order valence-electron chi connectivity index (χ3n) is 5.98. The molecule has 1 aliphatic rings. The second-order valence-electron chi connectivity index (χ2n) is 8.66. The number of sulfonamides is 1. The van der Waals surface area contributed by atoms with Crippen LogP contribution in [0.25, 0.3) is 0 Å². The molecule has 0 saturated carbocycles. The average molecular weight is 489 g/mol. The number of nitrogens with one attached hydrogen (secondary N) is 2. The van der Waals surface area contributed by atoms with E-state index in [0.717, 1.165) is 5.56 Å². The SMILES string of the molecule is COc1ccc(S(=O)(=O)N2CCC(C(=O)N[C@@H](C(=O)NCc3ccncc3)C(C)C)CC2)cc1. The minimum Gasteiger partial charge on any atom is -0.497 e. The monoisotopic (exact) mass is 488 g/mol. The number of methoxy groups -OCH3 is 1. The van der Waals surface area contributed by atoms with E-state index in [2.05, 4.69) is 15.6 Å². The number of hydrogen-bond acceptors (Lipinski definition) is 6. The molecular formula is C24H32N4O5S. The highest BCUT2D eigenvalue weighted by Gasteiger charge is 2.34. The van der Waals surface area contributed by atoms with Gasteiger partial charge < -0.3 is 15.4 Å². The average Bonchev–Trinajstić information content (AvgIpc) is 2.86. The Balaban J connectivity index is 1.55. The Bertz CT molecular complexity index is 1070. The lowest BCUT2D eigenvalue weighted by Gasteiger charge is -2.32. The van der Waals surface area contributed by atoms with E-state index in [9.17, 15) is 18.0 Å². The molecule has 1 aromatic heterocycles. The van der Waals surface area contributed by atoms with E-state index in [-0.39, 0.29) is 41.6 Å². The van der Waals surface area contributed by atoms with Crippen LogP contribution in [0.4, 0.5) is 0 Å². The van der Waals surface area contributed by atoms with E-state index in [4.69, 9.17) is 4.74 Å². The minimum atomic E-state index is -3.64. The molecule has 1 aliphatic heterocycles. The summed E-state index contributed by atoms with van der Waals surface area (Å²) in [4.78, 5) is 29.8. The first-order chi connectivity index (χ1) is 16.2. The number of pyridine rings is 1. The topological polar surface area (TPSA) is 118 Å². The van der Waals surface area contributed by atoms with Crippen molar-refractivity contribution in [1.29, 1.82) is 0 Å². The van der Waals surface area contributed by atoms with Crippen molar-refractivity contribution in [3.05, 3.63) is 54.4 Å². The highest BCUT2D eigenvalue weighted by atomic mass is 32.2. The van der Waals surface area contributed by atoms with Crippen molar-refractivity contribution in [2.45, 2.75) is 44.2 Å². The maximum absolute atomic E-state index is 12.9. The molecule has 1 fully saturated rings. The van der Waals surface area contributed by atoms with Crippen LogP contribution in [-0.2, 0) is 26.2 Å². The Labute approximate surface area is 201 Å². The number of rotatable bonds is 9.